The van der Waals surface area contributed by atoms with Gasteiger partial charge in [-0.05, 0) is 13.0 Å². The van der Waals surface area contributed by atoms with Gasteiger partial charge in [-0.1, -0.05) is 0 Å². The Hall–Kier alpha value is -0.532. The first-order chi connectivity index (χ1) is 7.43. The van der Waals surface area contributed by atoms with E-state index in [0.717, 1.165) is 19.5 Å². The normalized spacial score (nSPS) is 16.5. The van der Waals surface area contributed by atoms with Gasteiger partial charge >= 0.3 is 11.9 Å². The van der Waals surface area contributed by atoms with Crippen molar-refractivity contribution in [2.75, 3.05) is 26.3 Å². The van der Waals surface area contributed by atoms with Crippen LogP contribution in [-0.2, 0) is 30.7 Å². The maximum absolute atomic E-state index is 9.12. The SMILES string of the molecule is N[C@@H]1CCNC1.O=C(O)CO.O=C(O)CO.[Pt]. The second-order valence-electron chi connectivity index (χ2n) is 2.86. The number of aliphatic carboxylic acids is 2. The van der Waals surface area contributed by atoms with Gasteiger partial charge < -0.3 is 31.5 Å². The standard InChI is InChI=1S/C4H10N2.2C2H4O3.Pt/c5-4-1-2-6-3-4;2*3-1-2(4)5;/h4,6H,1-3,5H2;2*3H,1H2,(H,4,5);/t4-;;;/m1.../s1. The molecule has 0 radical (unpaired) electrons. The van der Waals surface area contributed by atoms with Crippen LogP contribution in [0.4, 0.5) is 0 Å². The van der Waals surface area contributed by atoms with Gasteiger partial charge in [0.25, 0.3) is 0 Å². The summed E-state index contributed by atoms with van der Waals surface area (Å²) in [5.74, 6) is -2.38. The molecule has 8 nitrogen and oxygen atoms in total. The van der Waals surface area contributed by atoms with E-state index in [1.807, 2.05) is 0 Å². The van der Waals surface area contributed by atoms with Gasteiger partial charge in [0, 0.05) is 33.7 Å². The summed E-state index contributed by atoms with van der Waals surface area (Å²) in [6.45, 7) is 0.571. The van der Waals surface area contributed by atoms with Crippen molar-refractivity contribution < 1.29 is 51.1 Å². The fourth-order valence-electron chi connectivity index (χ4n) is 0.677. The van der Waals surface area contributed by atoms with Gasteiger partial charge in [0.15, 0.2) is 0 Å². The minimum absolute atomic E-state index is 0. The molecule has 106 valence electrons. The van der Waals surface area contributed by atoms with E-state index in [-0.39, 0.29) is 21.1 Å². The number of carboxylic acid groups (broad SMARTS) is 2. The number of aliphatic hydroxyl groups excluding tert-OH is 2. The van der Waals surface area contributed by atoms with Crippen LogP contribution < -0.4 is 11.1 Å². The maximum atomic E-state index is 9.12. The molecule has 1 heterocycles. The molecule has 0 spiro atoms. The van der Waals surface area contributed by atoms with Gasteiger partial charge in [-0.25, -0.2) is 9.59 Å². The van der Waals surface area contributed by atoms with Crippen molar-refractivity contribution in [3.63, 3.8) is 0 Å². The van der Waals surface area contributed by atoms with E-state index in [1.165, 1.54) is 0 Å². The van der Waals surface area contributed by atoms with E-state index in [0.29, 0.717) is 6.04 Å². The van der Waals surface area contributed by atoms with Gasteiger partial charge in [0.1, 0.15) is 13.2 Å². The average Bonchev–Trinajstić information content (AvgIpc) is 2.71. The molecule has 1 fully saturated rings. The molecule has 1 saturated heterocycles. The smallest absolute Gasteiger partial charge is 0.329 e. The molecule has 0 aromatic heterocycles. The molecule has 1 atom stereocenters. The van der Waals surface area contributed by atoms with E-state index < -0.39 is 25.2 Å². The van der Waals surface area contributed by atoms with Crippen molar-refractivity contribution in [3.05, 3.63) is 0 Å². The van der Waals surface area contributed by atoms with Crippen molar-refractivity contribution in [1.29, 1.82) is 0 Å². The molecule has 0 aliphatic carbocycles. The first-order valence-corrected chi connectivity index (χ1v) is 4.55. The van der Waals surface area contributed by atoms with E-state index in [1.54, 1.807) is 0 Å². The van der Waals surface area contributed by atoms with Crippen LogP contribution in [0.3, 0.4) is 0 Å². The van der Waals surface area contributed by atoms with Crippen molar-refractivity contribution in [1.82, 2.24) is 5.32 Å². The van der Waals surface area contributed by atoms with Crippen LogP contribution in [0.5, 0.6) is 0 Å². The molecule has 1 aliphatic heterocycles. The van der Waals surface area contributed by atoms with E-state index in [2.05, 4.69) is 5.32 Å². The van der Waals surface area contributed by atoms with Gasteiger partial charge in [0.2, 0.25) is 0 Å². The Morgan fingerprint density at radius 1 is 1.18 bits per heavy atom. The zero-order chi connectivity index (χ0) is 13.0. The predicted molar refractivity (Wildman–Crippen MR) is 54.9 cm³/mol. The number of rotatable bonds is 2. The quantitative estimate of drug-likeness (QED) is 0.278. The van der Waals surface area contributed by atoms with Crippen LogP contribution in [0.2, 0.25) is 0 Å². The average molecular weight is 433 g/mol. The fraction of sp³-hybridized carbons (Fsp3) is 0.750. The van der Waals surface area contributed by atoms with Crippen LogP contribution in [0, 0.1) is 0 Å². The molecule has 9 heteroatoms. The largest absolute Gasteiger partial charge is 0.480 e. The van der Waals surface area contributed by atoms with Gasteiger partial charge in [-0.3, -0.25) is 0 Å². The topological polar surface area (TPSA) is 153 Å². The number of carboxylic acids is 2. The molecule has 1 aliphatic rings. The van der Waals surface area contributed by atoms with Gasteiger partial charge in [-0.15, -0.1) is 0 Å². The molecule has 17 heavy (non-hydrogen) atoms. The Morgan fingerprint density at radius 2 is 1.53 bits per heavy atom. The summed E-state index contributed by atoms with van der Waals surface area (Å²) >= 11 is 0. The van der Waals surface area contributed by atoms with Crippen molar-refractivity contribution in [2.45, 2.75) is 12.5 Å². The third-order valence-corrected chi connectivity index (χ3v) is 1.37. The summed E-state index contributed by atoms with van der Waals surface area (Å²) in [5.41, 5.74) is 5.47. The second-order valence-corrected chi connectivity index (χ2v) is 2.86. The monoisotopic (exact) mass is 433 g/mol. The molecule has 0 saturated carbocycles. The van der Waals surface area contributed by atoms with Crippen LogP contribution >= 0.6 is 0 Å². The summed E-state index contributed by atoms with van der Waals surface area (Å²) in [5, 5.41) is 33.2. The third kappa shape index (κ3) is 25.6. The Morgan fingerprint density at radius 3 is 1.59 bits per heavy atom. The number of hydrogen-bond acceptors (Lipinski definition) is 6. The molecule has 7 N–H and O–H groups in total. The molecular weight excluding hydrogens is 415 g/mol. The molecular formula is C8H18N2O6Pt. The molecule has 1 rings (SSSR count). The minimum atomic E-state index is -1.19. The predicted octanol–water partition coefficient (Wildman–Crippen LogP) is -2.57. The fourth-order valence-corrected chi connectivity index (χ4v) is 0.677. The Kier molecular flexibility index (Phi) is 19.8. The van der Waals surface area contributed by atoms with E-state index in [9.17, 15) is 0 Å². The molecule has 0 aromatic rings. The van der Waals surface area contributed by atoms with Gasteiger partial charge in [0.05, 0.1) is 0 Å². The Labute approximate surface area is 113 Å². The Balaban J connectivity index is -0.000000170. The summed E-state index contributed by atoms with van der Waals surface area (Å²) in [6.07, 6.45) is 1.15. The first kappa shape index (κ1) is 21.7. The zero-order valence-electron chi connectivity index (χ0n) is 9.11. The first-order valence-electron chi connectivity index (χ1n) is 4.55. The molecule has 0 unspecified atom stereocenters. The second kappa shape index (κ2) is 15.5. The summed E-state index contributed by atoms with van der Waals surface area (Å²) in [4.78, 5) is 18.2. The number of nitrogens with one attached hydrogen (secondary N) is 1. The van der Waals surface area contributed by atoms with Crippen LogP contribution in [0.1, 0.15) is 6.42 Å². The number of hydrogen-bond donors (Lipinski definition) is 6. The van der Waals surface area contributed by atoms with E-state index >= 15 is 0 Å². The molecule has 0 bridgehead atoms. The minimum Gasteiger partial charge on any atom is -0.480 e. The van der Waals surface area contributed by atoms with E-state index in [4.69, 9.17) is 35.7 Å². The maximum Gasteiger partial charge on any atom is 0.329 e. The zero-order valence-corrected chi connectivity index (χ0v) is 11.4. The summed E-state index contributed by atoms with van der Waals surface area (Å²) in [6, 6.07) is 0.435. The number of nitrogens with two attached hydrogens (primary N) is 1. The summed E-state index contributed by atoms with van der Waals surface area (Å²) in [7, 11) is 0. The van der Waals surface area contributed by atoms with Gasteiger partial charge in [-0.2, -0.15) is 0 Å². The van der Waals surface area contributed by atoms with Crippen molar-refractivity contribution >= 4 is 11.9 Å². The Bertz CT molecular complexity index is 184. The van der Waals surface area contributed by atoms with Crippen LogP contribution in [-0.4, -0.2) is 64.7 Å². The van der Waals surface area contributed by atoms with Crippen LogP contribution in [0.25, 0.3) is 0 Å². The number of aliphatic hydroxyl groups is 2. The third-order valence-electron chi connectivity index (χ3n) is 1.37. The number of carbonyl (C=O) groups is 2. The van der Waals surface area contributed by atoms with Crippen molar-refractivity contribution in [2.24, 2.45) is 5.73 Å². The molecule has 0 aromatic carbocycles. The van der Waals surface area contributed by atoms with Crippen molar-refractivity contribution in [3.8, 4) is 0 Å². The molecule has 0 amide bonds. The summed E-state index contributed by atoms with van der Waals surface area (Å²) < 4.78 is 0. The van der Waals surface area contributed by atoms with Crippen LogP contribution in [0.15, 0.2) is 0 Å².